The minimum absolute atomic E-state index is 0.103. The molecule has 0 spiro atoms. The molecule has 0 aliphatic heterocycles. The second-order valence-electron chi connectivity index (χ2n) is 3.57. The number of carboxylic acids is 1. The summed E-state index contributed by atoms with van der Waals surface area (Å²) in [5, 5.41) is 15.3. The van der Waals surface area contributed by atoms with E-state index < -0.39 is 17.9 Å². The maximum absolute atomic E-state index is 11.8. The quantitative estimate of drug-likeness (QED) is 0.751. The Bertz CT molecular complexity index is 581. The van der Waals surface area contributed by atoms with Gasteiger partial charge in [0.25, 0.3) is 0 Å². The number of amides is 1. The van der Waals surface area contributed by atoms with Gasteiger partial charge in [0.15, 0.2) is 10.8 Å². The molecule has 7 nitrogen and oxygen atoms in total. The molecule has 2 aromatic heterocycles. The standard InChI is InChI=1S/C10H10N4O3S2/c11-5(3-7-12-1-2-18-7)8(15)14-10-13-6(4-19-10)9(16)17/h1-2,4-5H,3,11H2,(H,16,17)(H,13,14,15). The lowest BCUT2D eigenvalue weighted by molar-refractivity contribution is -0.117. The van der Waals surface area contributed by atoms with Crippen molar-refractivity contribution < 1.29 is 14.7 Å². The summed E-state index contributed by atoms with van der Waals surface area (Å²) in [4.78, 5) is 30.2. The van der Waals surface area contributed by atoms with Crippen molar-refractivity contribution in [3.63, 3.8) is 0 Å². The number of aromatic carboxylic acids is 1. The molecule has 19 heavy (non-hydrogen) atoms. The number of hydrogen-bond acceptors (Lipinski definition) is 7. The van der Waals surface area contributed by atoms with Crippen LogP contribution >= 0.6 is 22.7 Å². The SMILES string of the molecule is NC(Cc1nccs1)C(=O)Nc1nc(C(=O)O)cs1. The molecule has 0 fully saturated rings. The Balaban J connectivity index is 1.94. The second-order valence-corrected chi connectivity index (χ2v) is 5.41. The Hall–Kier alpha value is -1.84. The van der Waals surface area contributed by atoms with Gasteiger partial charge in [0.05, 0.1) is 11.0 Å². The molecule has 0 saturated carbocycles. The fourth-order valence-corrected chi connectivity index (χ4v) is 2.63. The predicted molar refractivity (Wildman–Crippen MR) is 71.5 cm³/mol. The van der Waals surface area contributed by atoms with Gasteiger partial charge in [-0.3, -0.25) is 4.79 Å². The number of rotatable bonds is 5. The molecule has 0 aromatic carbocycles. The fraction of sp³-hybridized carbons (Fsp3) is 0.200. The molecule has 0 radical (unpaired) electrons. The van der Waals surface area contributed by atoms with Gasteiger partial charge in [-0.1, -0.05) is 0 Å². The van der Waals surface area contributed by atoms with Crippen molar-refractivity contribution in [3.05, 3.63) is 27.7 Å². The number of nitrogens with one attached hydrogen (secondary N) is 1. The molecule has 0 saturated heterocycles. The maximum atomic E-state index is 11.8. The number of thiazole rings is 2. The van der Waals surface area contributed by atoms with Gasteiger partial charge >= 0.3 is 5.97 Å². The normalized spacial score (nSPS) is 12.1. The van der Waals surface area contributed by atoms with Crippen LogP contribution in [0, 0.1) is 0 Å². The van der Waals surface area contributed by atoms with Crippen LogP contribution in [0.4, 0.5) is 5.13 Å². The molecule has 1 atom stereocenters. The molecule has 2 aromatic rings. The van der Waals surface area contributed by atoms with Gasteiger partial charge in [-0.2, -0.15) is 0 Å². The largest absolute Gasteiger partial charge is 0.476 e. The third kappa shape index (κ3) is 3.56. The number of carbonyl (C=O) groups excluding carboxylic acids is 1. The highest BCUT2D eigenvalue weighted by Crippen LogP contribution is 2.16. The highest BCUT2D eigenvalue weighted by atomic mass is 32.1. The molecule has 0 aliphatic carbocycles. The molecule has 1 unspecified atom stereocenters. The summed E-state index contributed by atoms with van der Waals surface area (Å²) in [7, 11) is 0. The van der Waals surface area contributed by atoms with E-state index in [0.29, 0.717) is 6.42 Å². The van der Waals surface area contributed by atoms with Crippen LogP contribution in [0.25, 0.3) is 0 Å². The van der Waals surface area contributed by atoms with Crippen molar-refractivity contribution in [2.24, 2.45) is 5.73 Å². The van der Waals surface area contributed by atoms with E-state index in [1.54, 1.807) is 11.6 Å². The summed E-state index contributed by atoms with van der Waals surface area (Å²) in [6.07, 6.45) is 1.98. The van der Waals surface area contributed by atoms with E-state index in [9.17, 15) is 9.59 Å². The van der Waals surface area contributed by atoms with E-state index in [1.165, 1.54) is 16.7 Å². The topological polar surface area (TPSA) is 118 Å². The van der Waals surface area contributed by atoms with Crippen LogP contribution in [0.15, 0.2) is 17.0 Å². The van der Waals surface area contributed by atoms with Crippen molar-refractivity contribution in [3.8, 4) is 0 Å². The minimum Gasteiger partial charge on any atom is -0.476 e. The van der Waals surface area contributed by atoms with Gasteiger partial charge in [0.1, 0.15) is 0 Å². The van der Waals surface area contributed by atoms with Crippen LogP contribution in [-0.4, -0.2) is 33.0 Å². The van der Waals surface area contributed by atoms with Crippen LogP contribution in [0.1, 0.15) is 15.5 Å². The summed E-state index contributed by atoms with van der Waals surface area (Å²) in [6, 6.07) is -0.747. The van der Waals surface area contributed by atoms with E-state index in [-0.39, 0.29) is 10.8 Å². The average Bonchev–Trinajstić information content (AvgIpc) is 2.99. The van der Waals surface area contributed by atoms with Gasteiger partial charge < -0.3 is 16.2 Å². The molecule has 1 amide bonds. The van der Waals surface area contributed by atoms with E-state index >= 15 is 0 Å². The first-order valence-electron chi connectivity index (χ1n) is 5.20. The number of hydrogen-bond donors (Lipinski definition) is 3. The Morgan fingerprint density at radius 1 is 1.47 bits per heavy atom. The average molecular weight is 298 g/mol. The smallest absolute Gasteiger partial charge is 0.355 e. The van der Waals surface area contributed by atoms with Gasteiger partial charge in [-0.15, -0.1) is 22.7 Å². The number of anilines is 1. The summed E-state index contributed by atoms with van der Waals surface area (Å²) < 4.78 is 0. The van der Waals surface area contributed by atoms with Crippen molar-refractivity contribution >= 4 is 39.7 Å². The van der Waals surface area contributed by atoms with Crippen LogP contribution in [-0.2, 0) is 11.2 Å². The number of aromatic nitrogens is 2. The van der Waals surface area contributed by atoms with Crippen LogP contribution in [0.3, 0.4) is 0 Å². The first kappa shape index (κ1) is 13.6. The summed E-state index contributed by atoms with van der Waals surface area (Å²) >= 11 is 2.46. The van der Waals surface area contributed by atoms with Crippen LogP contribution < -0.4 is 11.1 Å². The predicted octanol–water partition coefficient (Wildman–Crippen LogP) is 0.806. The number of carbonyl (C=O) groups is 2. The minimum atomic E-state index is -1.14. The fourth-order valence-electron chi connectivity index (χ4n) is 1.26. The van der Waals surface area contributed by atoms with E-state index in [2.05, 4.69) is 15.3 Å². The maximum Gasteiger partial charge on any atom is 0.355 e. The number of carboxylic acid groups (broad SMARTS) is 1. The Morgan fingerprint density at radius 2 is 2.26 bits per heavy atom. The summed E-state index contributed by atoms with van der Waals surface area (Å²) in [6.45, 7) is 0. The van der Waals surface area contributed by atoms with Crippen molar-refractivity contribution in [2.75, 3.05) is 5.32 Å². The summed E-state index contributed by atoms with van der Waals surface area (Å²) in [5.41, 5.74) is 5.64. The van der Waals surface area contributed by atoms with Crippen molar-refractivity contribution in [1.29, 1.82) is 0 Å². The Labute approximate surface area is 116 Å². The Kier molecular flexibility index (Phi) is 4.20. The molecule has 0 aliphatic rings. The van der Waals surface area contributed by atoms with Crippen LogP contribution in [0.5, 0.6) is 0 Å². The zero-order valence-corrected chi connectivity index (χ0v) is 11.2. The van der Waals surface area contributed by atoms with Crippen molar-refractivity contribution in [1.82, 2.24) is 9.97 Å². The zero-order valence-electron chi connectivity index (χ0n) is 9.57. The first-order valence-corrected chi connectivity index (χ1v) is 6.96. The van der Waals surface area contributed by atoms with E-state index in [0.717, 1.165) is 16.3 Å². The molecule has 2 rings (SSSR count). The molecule has 4 N–H and O–H groups in total. The van der Waals surface area contributed by atoms with Gasteiger partial charge in [-0.05, 0) is 0 Å². The number of nitrogens with two attached hydrogens (primary N) is 1. The molecule has 0 bridgehead atoms. The molecule has 100 valence electrons. The van der Waals surface area contributed by atoms with Gasteiger partial charge in [0.2, 0.25) is 5.91 Å². The lowest BCUT2D eigenvalue weighted by Crippen LogP contribution is -2.37. The molecular formula is C10H10N4O3S2. The third-order valence-electron chi connectivity index (χ3n) is 2.17. The van der Waals surface area contributed by atoms with Crippen molar-refractivity contribution in [2.45, 2.75) is 12.5 Å². The lowest BCUT2D eigenvalue weighted by atomic mass is 10.2. The van der Waals surface area contributed by atoms with Gasteiger partial charge in [0, 0.05) is 23.4 Å². The first-order chi connectivity index (χ1) is 9.06. The Morgan fingerprint density at radius 3 is 2.84 bits per heavy atom. The van der Waals surface area contributed by atoms with E-state index in [4.69, 9.17) is 10.8 Å². The molecule has 9 heteroatoms. The highest BCUT2D eigenvalue weighted by Gasteiger charge is 2.17. The highest BCUT2D eigenvalue weighted by molar-refractivity contribution is 7.14. The third-order valence-corrected chi connectivity index (χ3v) is 3.73. The van der Waals surface area contributed by atoms with E-state index in [1.807, 2.05) is 0 Å². The summed E-state index contributed by atoms with van der Waals surface area (Å²) in [5.74, 6) is -1.55. The monoisotopic (exact) mass is 298 g/mol. The molecular weight excluding hydrogens is 288 g/mol. The second kappa shape index (κ2) is 5.87. The number of nitrogens with zero attached hydrogens (tertiary/aromatic N) is 2. The lowest BCUT2D eigenvalue weighted by Gasteiger charge is -2.08. The van der Waals surface area contributed by atoms with Crippen LogP contribution in [0.2, 0.25) is 0 Å². The van der Waals surface area contributed by atoms with Gasteiger partial charge in [-0.25, -0.2) is 14.8 Å². The molecule has 2 heterocycles. The zero-order chi connectivity index (χ0) is 13.8.